The van der Waals surface area contributed by atoms with Crippen molar-refractivity contribution in [3.05, 3.63) is 29.6 Å². The van der Waals surface area contributed by atoms with E-state index >= 15 is 0 Å². The maximum atomic E-state index is 13.5. The summed E-state index contributed by atoms with van der Waals surface area (Å²) in [4.78, 5) is 11.9. The van der Waals surface area contributed by atoms with Crippen LogP contribution in [0.25, 0.3) is 0 Å². The summed E-state index contributed by atoms with van der Waals surface area (Å²) in [5, 5.41) is 0.650. The Morgan fingerprint density at radius 1 is 1.42 bits per heavy atom. The van der Waals surface area contributed by atoms with Crippen molar-refractivity contribution in [2.45, 2.75) is 37.4 Å². The van der Waals surface area contributed by atoms with Crippen molar-refractivity contribution >= 4 is 17.5 Å². The Labute approximate surface area is 117 Å². The summed E-state index contributed by atoms with van der Waals surface area (Å²) in [6.45, 7) is 0. The lowest BCUT2D eigenvalue weighted by molar-refractivity contribution is -0.116. The van der Waals surface area contributed by atoms with Gasteiger partial charge in [-0.15, -0.1) is 0 Å². The highest BCUT2D eigenvalue weighted by Crippen LogP contribution is 2.29. The Morgan fingerprint density at radius 3 is 2.79 bits per heavy atom. The average molecular weight is 282 g/mol. The van der Waals surface area contributed by atoms with Crippen molar-refractivity contribution in [1.82, 2.24) is 0 Å². The first kappa shape index (κ1) is 14.4. The third kappa shape index (κ3) is 4.23. The van der Waals surface area contributed by atoms with E-state index in [1.54, 1.807) is 23.9 Å². The van der Waals surface area contributed by atoms with Crippen molar-refractivity contribution in [1.29, 1.82) is 0 Å². The summed E-state index contributed by atoms with van der Waals surface area (Å²) < 4.78 is 18.3. The lowest BCUT2D eigenvalue weighted by Gasteiger charge is -2.08. The maximum absolute atomic E-state index is 13.5. The zero-order chi connectivity index (χ0) is 13.7. The van der Waals surface area contributed by atoms with Crippen LogP contribution in [-0.2, 0) is 11.2 Å². The van der Waals surface area contributed by atoms with Gasteiger partial charge in [-0.3, -0.25) is 4.79 Å². The Kier molecular flexibility index (Phi) is 5.25. The van der Waals surface area contributed by atoms with Crippen LogP contribution in [0.5, 0.6) is 5.75 Å². The molecule has 1 fully saturated rings. The van der Waals surface area contributed by atoms with Crippen LogP contribution in [0.4, 0.5) is 4.39 Å². The largest absolute Gasteiger partial charge is 0.494 e. The van der Waals surface area contributed by atoms with Gasteiger partial charge in [0.15, 0.2) is 11.6 Å². The van der Waals surface area contributed by atoms with Crippen molar-refractivity contribution in [2.75, 3.05) is 12.9 Å². The van der Waals surface area contributed by atoms with E-state index < -0.39 is 5.82 Å². The molecule has 1 aromatic carbocycles. The fraction of sp³-hybridized carbons (Fsp3) is 0.533. The molecule has 0 radical (unpaired) electrons. The lowest BCUT2D eigenvalue weighted by atomic mass is 10.1. The predicted molar refractivity (Wildman–Crippen MR) is 76.4 cm³/mol. The van der Waals surface area contributed by atoms with Gasteiger partial charge in [0, 0.05) is 11.7 Å². The zero-order valence-corrected chi connectivity index (χ0v) is 12.0. The molecule has 19 heavy (non-hydrogen) atoms. The number of ketones is 1. The number of halogens is 1. The van der Waals surface area contributed by atoms with E-state index in [-0.39, 0.29) is 11.5 Å². The van der Waals surface area contributed by atoms with E-state index in [0.29, 0.717) is 17.4 Å². The number of hydrogen-bond donors (Lipinski definition) is 0. The second-order valence-corrected chi connectivity index (χ2v) is 6.19. The zero-order valence-electron chi connectivity index (χ0n) is 11.2. The van der Waals surface area contributed by atoms with Crippen molar-refractivity contribution < 1.29 is 13.9 Å². The van der Waals surface area contributed by atoms with Crippen LogP contribution in [0.1, 0.15) is 31.2 Å². The molecule has 1 aliphatic carbocycles. The molecule has 0 amide bonds. The van der Waals surface area contributed by atoms with Gasteiger partial charge in [0.25, 0.3) is 0 Å². The molecule has 0 spiro atoms. The highest BCUT2D eigenvalue weighted by atomic mass is 32.2. The van der Waals surface area contributed by atoms with Crippen molar-refractivity contribution in [2.24, 2.45) is 0 Å². The molecular formula is C15H19FO2S. The van der Waals surface area contributed by atoms with Gasteiger partial charge in [0.2, 0.25) is 0 Å². The van der Waals surface area contributed by atoms with Crippen LogP contribution in [-0.4, -0.2) is 23.9 Å². The molecule has 2 rings (SSSR count). The molecular weight excluding hydrogens is 263 g/mol. The molecule has 1 aliphatic rings. The molecule has 0 bridgehead atoms. The molecule has 0 unspecified atom stereocenters. The smallest absolute Gasteiger partial charge is 0.165 e. The standard InChI is InChI=1S/C15H19FO2S/c1-18-15-7-6-11(9-14(15)16)8-12(17)10-19-13-4-2-3-5-13/h6-7,9,13H,2-5,8,10H2,1H3. The normalized spacial score (nSPS) is 15.7. The highest BCUT2D eigenvalue weighted by Gasteiger charge is 2.17. The van der Waals surface area contributed by atoms with Crippen LogP contribution < -0.4 is 4.74 Å². The number of methoxy groups -OCH3 is 1. The number of rotatable bonds is 6. The summed E-state index contributed by atoms with van der Waals surface area (Å²) in [6, 6.07) is 4.71. The molecule has 0 aromatic heterocycles. The van der Waals surface area contributed by atoms with Gasteiger partial charge in [0.1, 0.15) is 5.78 Å². The van der Waals surface area contributed by atoms with Gasteiger partial charge in [-0.2, -0.15) is 11.8 Å². The minimum absolute atomic E-state index is 0.168. The van der Waals surface area contributed by atoms with Crippen molar-refractivity contribution in [3.8, 4) is 5.75 Å². The summed E-state index contributed by atoms with van der Waals surface area (Å²) >= 11 is 1.76. The van der Waals surface area contributed by atoms with Crippen LogP contribution in [0.2, 0.25) is 0 Å². The molecule has 2 nitrogen and oxygen atoms in total. The van der Waals surface area contributed by atoms with E-state index in [2.05, 4.69) is 0 Å². The van der Waals surface area contributed by atoms with Crippen LogP contribution in [0.3, 0.4) is 0 Å². The van der Waals surface area contributed by atoms with E-state index in [4.69, 9.17) is 4.74 Å². The number of hydrogen-bond acceptors (Lipinski definition) is 3. The fourth-order valence-electron chi connectivity index (χ4n) is 2.36. The van der Waals surface area contributed by atoms with Crippen LogP contribution in [0, 0.1) is 5.82 Å². The SMILES string of the molecule is COc1ccc(CC(=O)CSC2CCCC2)cc1F. The Hall–Kier alpha value is -1.03. The number of thioether (sulfide) groups is 1. The summed E-state index contributed by atoms with van der Waals surface area (Å²) in [6.07, 6.45) is 5.34. The molecule has 0 saturated heterocycles. The highest BCUT2D eigenvalue weighted by molar-refractivity contribution is 8.00. The summed E-state index contributed by atoms with van der Waals surface area (Å²) in [5.74, 6) is 0.521. The van der Waals surface area contributed by atoms with Gasteiger partial charge in [-0.25, -0.2) is 4.39 Å². The Bertz CT molecular complexity index is 442. The minimum atomic E-state index is -0.406. The average Bonchev–Trinajstić information content (AvgIpc) is 2.90. The second kappa shape index (κ2) is 6.94. The predicted octanol–water partition coefficient (Wildman–Crippen LogP) is 3.62. The summed E-state index contributed by atoms with van der Waals surface area (Å²) in [7, 11) is 1.43. The number of Topliss-reactive ketones (excluding diaryl/α,β-unsaturated/α-hetero) is 1. The molecule has 1 aromatic rings. The lowest BCUT2D eigenvalue weighted by Crippen LogP contribution is -2.09. The van der Waals surface area contributed by atoms with Crippen LogP contribution >= 0.6 is 11.8 Å². The molecule has 0 N–H and O–H groups in total. The third-order valence-electron chi connectivity index (χ3n) is 3.40. The van der Waals surface area contributed by atoms with E-state index in [9.17, 15) is 9.18 Å². The first-order valence-corrected chi connectivity index (χ1v) is 7.69. The minimum Gasteiger partial charge on any atom is -0.494 e. The second-order valence-electron chi connectivity index (χ2n) is 4.90. The van der Waals surface area contributed by atoms with Gasteiger partial charge < -0.3 is 4.74 Å². The molecule has 1 saturated carbocycles. The summed E-state index contributed by atoms with van der Waals surface area (Å²) in [5.41, 5.74) is 0.718. The van der Waals surface area contributed by atoms with Gasteiger partial charge in [-0.05, 0) is 30.5 Å². The molecule has 104 valence electrons. The Balaban J connectivity index is 1.82. The third-order valence-corrected chi connectivity index (χ3v) is 4.83. The van der Waals surface area contributed by atoms with E-state index in [1.165, 1.54) is 38.9 Å². The van der Waals surface area contributed by atoms with Gasteiger partial charge >= 0.3 is 0 Å². The van der Waals surface area contributed by atoms with Crippen molar-refractivity contribution in [3.63, 3.8) is 0 Å². The van der Waals surface area contributed by atoms with Gasteiger partial charge in [-0.1, -0.05) is 18.9 Å². The first-order valence-electron chi connectivity index (χ1n) is 6.65. The quantitative estimate of drug-likeness (QED) is 0.797. The molecule has 0 aliphatic heterocycles. The van der Waals surface area contributed by atoms with E-state index in [0.717, 1.165) is 5.56 Å². The Morgan fingerprint density at radius 2 is 2.16 bits per heavy atom. The molecule has 0 heterocycles. The number of carbonyl (C=O) groups excluding carboxylic acids is 1. The first-order chi connectivity index (χ1) is 9.19. The number of ether oxygens (including phenoxy) is 1. The topological polar surface area (TPSA) is 26.3 Å². The van der Waals surface area contributed by atoms with E-state index in [1.807, 2.05) is 0 Å². The van der Waals surface area contributed by atoms with Gasteiger partial charge in [0.05, 0.1) is 12.9 Å². The molecule has 0 atom stereocenters. The monoisotopic (exact) mass is 282 g/mol. The number of benzene rings is 1. The van der Waals surface area contributed by atoms with Crippen LogP contribution in [0.15, 0.2) is 18.2 Å². The fourth-order valence-corrected chi connectivity index (χ4v) is 3.55. The molecule has 4 heteroatoms. The number of carbonyl (C=O) groups is 1. The maximum Gasteiger partial charge on any atom is 0.165 e.